The van der Waals surface area contributed by atoms with E-state index >= 15 is 0 Å². The summed E-state index contributed by atoms with van der Waals surface area (Å²) < 4.78 is 13.6. The Morgan fingerprint density at radius 3 is 2.56 bits per heavy atom. The summed E-state index contributed by atoms with van der Waals surface area (Å²) in [4.78, 5) is 30.0. The number of nitrogens with zero attached hydrogens (tertiary/aromatic N) is 1. The average Bonchev–Trinajstić information content (AvgIpc) is 3.35. The molecule has 0 saturated carbocycles. The molecule has 0 fully saturated rings. The first kappa shape index (κ1) is 23.0. The van der Waals surface area contributed by atoms with Crippen molar-refractivity contribution >= 4 is 88.8 Å². The topological polar surface area (TPSA) is 65.0 Å². The number of benzene rings is 3. The van der Waals surface area contributed by atoms with Crippen LogP contribution in [0.3, 0.4) is 0 Å². The normalized spacial score (nSPS) is 14.4. The highest BCUT2D eigenvalue weighted by molar-refractivity contribution is 9.10. The summed E-state index contributed by atoms with van der Waals surface area (Å²) in [5, 5.41) is 1.12. The quantitative estimate of drug-likeness (QED) is 0.134. The summed E-state index contributed by atoms with van der Waals surface area (Å²) in [5.74, 6) is -0.686. The Kier molecular flexibility index (Phi) is 6.40. The smallest absolute Gasteiger partial charge is 0.363 e. The molecule has 0 unspecified atom stereocenters. The van der Waals surface area contributed by atoms with E-state index in [1.165, 1.54) is 17.4 Å². The molecule has 3 aromatic carbocycles. The number of hydrogen-bond acceptors (Lipinski definition) is 6. The van der Waals surface area contributed by atoms with E-state index in [4.69, 9.17) is 21.1 Å². The van der Waals surface area contributed by atoms with Gasteiger partial charge in [-0.3, -0.25) is 0 Å². The number of thiophene rings is 1. The highest BCUT2D eigenvalue weighted by atomic mass is 79.9. The van der Waals surface area contributed by atoms with Crippen LogP contribution in [0.2, 0.25) is 5.02 Å². The minimum Gasteiger partial charge on any atom is -0.422 e. The molecule has 1 aliphatic heterocycles. The lowest BCUT2D eigenvalue weighted by atomic mass is 10.1. The minimum atomic E-state index is -0.586. The van der Waals surface area contributed by atoms with Crippen LogP contribution in [0, 0.1) is 0 Å². The fourth-order valence-corrected chi connectivity index (χ4v) is 5.48. The molecule has 0 bridgehead atoms. The molecule has 2 heterocycles. The van der Waals surface area contributed by atoms with E-state index in [9.17, 15) is 9.59 Å². The Hall–Kier alpha value is -2.78. The molecule has 0 radical (unpaired) electrons. The maximum atomic E-state index is 13.0. The van der Waals surface area contributed by atoms with Crippen molar-refractivity contribution in [2.45, 2.75) is 0 Å². The molecule has 0 amide bonds. The number of ether oxygens (including phenoxy) is 2. The number of fused-ring (bicyclic) bond motifs is 1. The highest BCUT2D eigenvalue weighted by Gasteiger charge is 2.25. The number of hydrogen-bond donors (Lipinski definition) is 0. The molecule has 0 saturated heterocycles. The number of carbonyl (C=O) groups excluding carboxylic acids is 2. The van der Waals surface area contributed by atoms with Crippen LogP contribution in [0.5, 0.6) is 5.75 Å². The first-order valence-corrected chi connectivity index (χ1v) is 12.6. The fraction of sp³-hybridized carbons (Fsp3) is 0. The number of cyclic esters (lactones) is 1. The molecular weight excluding hydrogens is 606 g/mol. The van der Waals surface area contributed by atoms with Gasteiger partial charge in [0.2, 0.25) is 5.90 Å². The Balaban J connectivity index is 1.44. The van der Waals surface area contributed by atoms with Gasteiger partial charge in [-0.1, -0.05) is 67.7 Å². The molecule has 168 valence electrons. The van der Waals surface area contributed by atoms with Gasteiger partial charge in [0.05, 0.1) is 5.02 Å². The van der Waals surface area contributed by atoms with E-state index in [2.05, 4.69) is 36.9 Å². The van der Waals surface area contributed by atoms with Crippen molar-refractivity contribution in [3.63, 3.8) is 0 Å². The number of aliphatic imine (C=N–C) groups is 1. The molecule has 1 aliphatic rings. The van der Waals surface area contributed by atoms with Crippen molar-refractivity contribution in [2.24, 2.45) is 4.99 Å². The van der Waals surface area contributed by atoms with Crippen molar-refractivity contribution in [2.75, 3.05) is 0 Å². The van der Waals surface area contributed by atoms with Gasteiger partial charge in [0.15, 0.2) is 5.70 Å². The van der Waals surface area contributed by atoms with Gasteiger partial charge >= 0.3 is 11.9 Å². The van der Waals surface area contributed by atoms with E-state index in [1.54, 1.807) is 36.4 Å². The van der Waals surface area contributed by atoms with Crippen LogP contribution in [-0.4, -0.2) is 17.8 Å². The predicted octanol–water partition coefficient (Wildman–Crippen LogP) is 7.64. The standard InChI is InChI=1S/C25H12Br2ClNO4S/c26-15-7-5-13(6-8-15)23-29-18(24(30)33-23)11-14-3-1-2-4-19(14)32-25(31)22-21(28)17-10-9-16(27)12-20(17)34-22/h1-12H/b18-11+. The number of carbonyl (C=O) groups is 2. The molecule has 0 spiro atoms. The third-order valence-corrected chi connectivity index (χ3v) is 7.56. The first-order valence-electron chi connectivity index (χ1n) is 9.86. The summed E-state index contributed by atoms with van der Waals surface area (Å²) in [6, 6.07) is 19.7. The molecule has 9 heteroatoms. The molecule has 4 aromatic rings. The van der Waals surface area contributed by atoms with Crippen molar-refractivity contribution in [3.05, 3.63) is 102 Å². The SMILES string of the molecule is O=C1OC(c2ccc(Br)cc2)=N/C1=C/c1ccccc1OC(=O)c1sc2cc(Br)ccc2c1Cl. The average molecular weight is 618 g/mol. The Bertz CT molecular complexity index is 1530. The second-order valence-electron chi connectivity index (χ2n) is 7.16. The molecular formula is C25H12Br2ClNO4S. The van der Waals surface area contributed by atoms with Crippen LogP contribution < -0.4 is 4.74 Å². The summed E-state index contributed by atoms with van der Waals surface area (Å²) in [7, 11) is 0. The lowest BCUT2D eigenvalue weighted by Gasteiger charge is -2.07. The summed E-state index contributed by atoms with van der Waals surface area (Å²) >= 11 is 14.5. The van der Waals surface area contributed by atoms with Crippen molar-refractivity contribution in [3.8, 4) is 5.75 Å². The third-order valence-electron chi connectivity index (χ3n) is 4.90. The number of rotatable bonds is 4. The number of para-hydroxylation sites is 1. The molecule has 5 rings (SSSR count). The number of esters is 2. The minimum absolute atomic E-state index is 0.103. The molecule has 34 heavy (non-hydrogen) atoms. The van der Waals surface area contributed by atoms with Gasteiger partial charge in [-0.25, -0.2) is 14.6 Å². The van der Waals surface area contributed by atoms with Crippen molar-refractivity contribution < 1.29 is 19.1 Å². The summed E-state index contributed by atoms with van der Waals surface area (Å²) in [5.41, 5.74) is 1.28. The van der Waals surface area contributed by atoms with Crippen LogP contribution in [0.15, 0.2) is 86.4 Å². The Morgan fingerprint density at radius 2 is 1.76 bits per heavy atom. The van der Waals surface area contributed by atoms with E-state index in [0.717, 1.165) is 19.0 Å². The molecule has 0 aliphatic carbocycles. The van der Waals surface area contributed by atoms with Gasteiger partial charge in [0.25, 0.3) is 0 Å². The molecule has 0 N–H and O–H groups in total. The summed E-state index contributed by atoms with van der Waals surface area (Å²) in [6.07, 6.45) is 1.53. The Morgan fingerprint density at radius 1 is 1.03 bits per heavy atom. The third kappa shape index (κ3) is 4.59. The van der Waals surface area contributed by atoms with Gasteiger partial charge in [-0.2, -0.15) is 0 Å². The van der Waals surface area contributed by atoms with Gasteiger partial charge in [0.1, 0.15) is 10.6 Å². The van der Waals surface area contributed by atoms with E-state index in [0.29, 0.717) is 21.0 Å². The maximum Gasteiger partial charge on any atom is 0.363 e. The lowest BCUT2D eigenvalue weighted by Crippen LogP contribution is -2.08. The van der Waals surface area contributed by atoms with Crippen LogP contribution in [0.4, 0.5) is 0 Å². The van der Waals surface area contributed by atoms with E-state index < -0.39 is 11.9 Å². The predicted molar refractivity (Wildman–Crippen MR) is 141 cm³/mol. The zero-order valence-electron chi connectivity index (χ0n) is 17.1. The van der Waals surface area contributed by atoms with E-state index in [-0.39, 0.29) is 17.3 Å². The maximum absolute atomic E-state index is 13.0. The second-order valence-corrected chi connectivity index (χ2v) is 10.4. The lowest BCUT2D eigenvalue weighted by molar-refractivity contribution is -0.129. The Labute approximate surface area is 219 Å². The fourth-order valence-electron chi connectivity index (χ4n) is 3.28. The second kappa shape index (κ2) is 9.46. The van der Waals surface area contributed by atoms with Crippen LogP contribution in [0.1, 0.15) is 20.8 Å². The highest BCUT2D eigenvalue weighted by Crippen LogP contribution is 2.37. The van der Waals surface area contributed by atoms with Gasteiger partial charge in [-0.15, -0.1) is 11.3 Å². The van der Waals surface area contributed by atoms with Crippen molar-refractivity contribution in [1.29, 1.82) is 0 Å². The largest absolute Gasteiger partial charge is 0.422 e. The first-order chi connectivity index (χ1) is 16.4. The van der Waals surface area contributed by atoms with Crippen LogP contribution in [0.25, 0.3) is 16.2 Å². The van der Waals surface area contributed by atoms with E-state index in [1.807, 2.05) is 30.3 Å². The monoisotopic (exact) mass is 615 g/mol. The van der Waals surface area contributed by atoms with Crippen LogP contribution in [-0.2, 0) is 9.53 Å². The zero-order chi connectivity index (χ0) is 23.8. The van der Waals surface area contributed by atoms with Gasteiger partial charge in [-0.05, 0) is 48.5 Å². The van der Waals surface area contributed by atoms with Crippen LogP contribution >= 0.6 is 54.8 Å². The van der Waals surface area contributed by atoms with Gasteiger partial charge in [0, 0.05) is 30.2 Å². The zero-order valence-corrected chi connectivity index (χ0v) is 21.8. The van der Waals surface area contributed by atoms with Crippen molar-refractivity contribution in [1.82, 2.24) is 0 Å². The molecule has 0 atom stereocenters. The van der Waals surface area contributed by atoms with Gasteiger partial charge < -0.3 is 9.47 Å². The summed E-state index contributed by atoms with van der Waals surface area (Å²) in [6.45, 7) is 0. The number of halogens is 3. The molecule has 1 aromatic heterocycles. The molecule has 5 nitrogen and oxygen atoms in total.